The van der Waals surface area contributed by atoms with Gasteiger partial charge in [0.2, 0.25) is 0 Å². The molecule has 0 saturated carbocycles. The van der Waals surface area contributed by atoms with Crippen LogP contribution < -0.4 is 16.0 Å². The van der Waals surface area contributed by atoms with E-state index in [4.69, 9.17) is 11.6 Å². The minimum absolute atomic E-state index is 0.0492. The fourth-order valence-electron chi connectivity index (χ4n) is 3.53. The molecule has 0 saturated heterocycles. The van der Waals surface area contributed by atoms with Gasteiger partial charge in [0.25, 0.3) is 17.7 Å². The highest BCUT2D eigenvalue weighted by Gasteiger charge is 2.25. The largest absolute Gasteiger partial charge is 0.508 e. The first-order chi connectivity index (χ1) is 17.9. The third-order valence-electron chi connectivity index (χ3n) is 5.34. The number of amides is 3. The summed E-state index contributed by atoms with van der Waals surface area (Å²) in [5.74, 6) is -5.73. The number of hydrogen-bond acceptors (Lipinski definition) is 5. The Labute approximate surface area is 220 Å². The normalized spacial score (nSPS) is 11.4. The highest BCUT2D eigenvalue weighted by Crippen LogP contribution is 2.23. The van der Waals surface area contributed by atoms with Crippen molar-refractivity contribution in [1.82, 2.24) is 16.0 Å². The fourth-order valence-corrected chi connectivity index (χ4v) is 3.88. The van der Waals surface area contributed by atoms with Gasteiger partial charge in [-0.15, -0.1) is 0 Å². The maximum absolute atomic E-state index is 13.3. The summed E-state index contributed by atoms with van der Waals surface area (Å²) in [7, 11) is 0. The smallest absolute Gasteiger partial charge is 0.328 e. The zero-order valence-electron chi connectivity index (χ0n) is 19.8. The number of phenols is 1. The first kappa shape index (κ1) is 28.1. The molecule has 3 amide bonds. The number of carbonyl (C=O) groups excluding carboxylic acids is 3. The van der Waals surface area contributed by atoms with E-state index in [0.717, 1.165) is 12.1 Å². The Kier molecular flexibility index (Phi) is 8.98. The van der Waals surface area contributed by atoms with Crippen LogP contribution in [0, 0.1) is 18.6 Å². The molecule has 0 aromatic heterocycles. The maximum atomic E-state index is 13.3. The molecular formula is C26H22ClF2N3O6. The van der Waals surface area contributed by atoms with Crippen LogP contribution >= 0.6 is 11.6 Å². The zero-order chi connectivity index (χ0) is 28.0. The van der Waals surface area contributed by atoms with Crippen molar-refractivity contribution >= 4 is 35.3 Å². The molecule has 3 aromatic carbocycles. The minimum atomic E-state index is -1.61. The predicted molar refractivity (Wildman–Crippen MR) is 133 cm³/mol. The third kappa shape index (κ3) is 7.26. The van der Waals surface area contributed by atoms with E-state index >= 15 is 0 Å². The lowest BCUT2D eigenvalue weighted by Gasteiger charge is -2.17. The van der Waals surface area contributed by atoms with Gasteiger partial charge in [0.05, 0.1) is 10.6 Å². The summed E-state index contributed by atoms with van der Waals surface area (Å²) in [5, 5.41) is 26.0. The van der Waals surface area contributed by atoms with Crippen LogP contribution in [0.2, 0.25) is 5.02 Å². The lowest BCUT2D eigenvalue weighted by molar-refractivity contribution is -0.139. The van der Waals surface area contributed by atoms with E-state index in [-0.39, 0.29) is 39.6 Å². The van der Waals surface area contributed by atoms with Crippen molar-refractivity contribution in [2.75, 3.05) is 6.54 Å². The molecule has 38 heavy (non-hydrogen) atoms. The molecule has 0 radical (unpaired) electrons. The van der Waals surface area contributed by atoms with E-state index < -0.39 is 47.9 Å². The fraction of sp³-hybridized carbons (Fsp3) is 0.154. The molecule has 1 atom stereocenters. The number of benzene rings is 3. The standard InChI is InChI=1S/C26H22ClF2N3O6/c1-13-5-15(23(34)30-11-14-3-2-4-19(33)6-14)9-20(27)22(13)25(36)32-21(26(37)38)12-31-24(35)16-7-17(28)10-18(29)8-16/h2-10,21,33H,11-12H2,1H3,(H,30,34)(H,31,35)(H,32,36)(H,37,38)/t21-/m0/s1. The second kappa shape index (κ2) is 12.2. The number of carboxylic acid groups (broad SMARTS) is 1. The summed E-state index contributed by atoms with van der Waals surface area (Å²) < 4.78 is 26.7. The number of aromatic hydroxyl groups is 1. The van der Waals surface area contributed by atoms with Crippen molar-refractivity contribution < 1.29 is 38.2 Å². The Balaban J connectivity index is 1.67. The molecule has 0 spiro atoms. The molecule has 0 aliphatic rings. The third-order valence-corrected chi connectivity index (χ3v) is 5.63. The Morgan fingerprint density at radius 3 is 2.13 bits per heavy atom. The van der Waals surface area contributed by atoms with Gasteiger partial charge in [-0.05, 0) is 54.4 Å². The Morgan fingerprint density at radius 2 is 1.53 bits per heavy atom. The molecule has 0 fully saturated rings. The SMILES string of the molecule is Cc1cc(C(=O)NCc2cccc(O)c2)cc(Cl)c1C(=O)N[C@@H](CNC(=O)c1cc(F)cc(F)c1)C(=O)O. The van der Waals surface area contributed by atoms with Gasteiger partial charge < -0.3 is 26.2 Å². The number of nitrogens with one attached hydrogen (secondary N) is 3. The van der Waals surface area contributed by atoms with Crippen molar-refractivity contribution in [2.24, 2.45) is 0 Å². The average Bonchev–Trinajstić information content (AvgIpc) is 2.83. The molecule has 0 unspecified atom stereocenters. The lowest BCUT2D eigenvalue weighted by Crippen LogP contribution is -2.48. The van der Waals surface area contributed by atoms with E-state index in [1.165, 1.54) is 31.2 Å². The summed E-state index contributed by atoms with van der Waals surface area (Å²) in [6, 6.07) is 9.49. The van der Waals surface area contributed by atoms with Gasteiger partial charge in [-0.1, -0.05) is 23.7 Å². The van der Waals surface area contributed by atoms with Crippen molar-refractivity contribution in [3.8, 4) is 5.75 Å². The van der Waals surface area contributed by atoms with Crippen LogP contribution in [0.25, 0.3) is 0 Å². The molecule has 5 N–H and O–H groups in total. The number of halogens is 3. The second-order valence-corrected chi connectivity index (χ2v) is 8.64. The van der Waals surface area contributed by atoms with Crippen LogP contribution in [0.1, 0.15) is 42.2 Å². The number of aliphatic carboxylic acids is 1. The summed E-state index contributed by atoms with van der Waals surface area (Å²) in [6.07, 6.45) is 0. The van der Waals surface area contributed by atoms with E-state index in [1.807, 2.05) is 0 Å². The quantitative estimate of drug-likeness (QED) is 0.279. The van der Waals surface area contributed by atoms with Crippen LogP contribution in [0.4, 0.5) is 8.78 Å². The second-order valence-electron chi connectivity index (χ2n) is 8.23. The number of rotatable bonds is 9. The number of carboxylic acids is 1. The highest BCUT2D eigenvalue weighted by atomic mass is 35.5. The zero-order valence-corrected chi connectivity index (χ0v) is 20.6. The summed E-state index contributed by atoms with van der Waals surface area (Å²) in [5.41, 5.74) is 0.636. The van der Waals surface area contributed by atoms with E-state index in [1.54, 1.807) is 12.1 Å². The molecule has 9 nitrogen and oxygen atoms in total. The van der Waals surface area contributed by atoms with Gasteiger partial charge in [-0.25, -0.2) is 13.6 Å². The van der Waals surface area contributed by atoms with Crippen molar-refractivity contribution in [1.29, 1.82) is 0 Å². The van der Waals surface area contributed by atoms with Crippen molar-refractivity contribution in [2.45, 2.75) is 19.5 Å². The van der Waals surface area contributed by atoms with Crippen LogP contribution in [0.3, 0.4) is 0 Å². The monoisotopic (exact) mass is 545 g/mol. The van der Waals surface area contributed by atoms with E-state index in [2.05, 4.69) is 16.0 Å². The van der Waals surface area contributed by atoms with Crippen LogP contribution in [0.5, 0.6) is 5.75 Å². The number of phenolic OH excluding ortho intramolecular Hbond substituents is 1. The van der Waals surface area contributed by atoms with Crippen molar-refractivity contribution in [3.63, 3.8) is 0 Å². The molecule has 0 aliphatic heterocycles. The molecule has 12 heteroatoms. The van der Waals surface area contributed by atoms with Gasteiger partial charge in [-0.3, -0.25) is 14.4 Å². The highest BCUT2D eigenvalue weighted by molar-refractivity contribution is 6.34. The van der Waals surface area contributed by atoms with Crippen LogP contribution in [0.15, 0.2) is 54.6 Å². The molecule has 3 rings (SSSR count). The van der Waals surface area contributed by atoms with Gasteiger partial charge in [-0.2, -0.15) is 0 Å². The topological polar surface area (TPSA) is 145 Å². The first-order valence-corrected chi connectivity index (χ1v) is 11.5. The molecule has 3 aromatic rings. The maximum Gasteiger partial charge on any atom is 0.328 e. The predicted octanol–water partition coefficient (Wildman–Crippen LogP) is 3.18. The van der Waals surface area contributed by atoms with Gasteiger partial charge >= 0.3 is 5.97 Å². The Hall–Kier alpha value is -4.51. The average molecular weight is 546 g/mol. The minimum Gasteiger partial charge on any atom is -0.508 e. The molecule has 198 valence electrons. The number of hydrogen-bond donors (Lipinski definition) is 5. The van der Waals surface area contributed by atoms with Gasteiger partial charge in [0.1, 0.15) is 23.4 Å². The Morgan fingerprint density at radius 1 is 0.895 bits per heavy atom. The van der Waals surface area contributed by atoms with E-state index in [9.17, 15) is 38.2 Å². The summed E-state index contributed by atoms with van der Waals surface area (Å²) in [4.78, 5) is 49.2. The van der Waals surface area contributed by atoms with Crippen LogP contribution in [-0.4, -0.2) is 46.5 Å². The van der Waals surface area contributed by atoms with Crippen molar-refractivity contribution in [3.05, 3.63) is 99.1 Å². The summed E-state index contributed by atoms with van der Waals surface area (Å²) in [6.45, 7) is 1.04. The summed E-state index contributed by atoms with van der Waals surface area (Å²) >= 11 is 6.25. The molecule has 0 heterocycles. The van der Waals surface area contributed by atoms with Crippen LogP contribution in [-0.2, 0) is 11.3 Å². The first-order valence-electron chi connectivity index (χ1n) is 11.1. The van der Waals surface area contributed by atoms with Gasteiger partial charge in [0, 0.05) is 30.3 Å². The lowest BCUT2D eigenvalue weighted by atomic mass is 10.0. The Bertz CT molecular complexity index is 1370. The number of carbonyl (C=O) groups is 4. The molecule has 0 aliphatic carbocycles. The van der Waals surface area contributed by atoms with Gasteiger partial charge in [0.15, 0.2) is 0 Å². The number of aryl methyl sites for hydroxylation is 1. The molecular weight excluding hydrogens is 524 g/mol. The van der Waals surface area contributed by atoms with E-state index in [0.29, 0.717) is 11.6 Å². The molecule has 0 bridgehead atoms.